The van der Waals surface area contributed by atoms with E-state index in [0.717, 1.165) is 5.56 Å². The van der Waals surface area contributed by atoms with Crippen molar-refractivity contribution in [1.29, 1.82) is 0 Å². The minimum atomic E-state index is -0.826. The third kappa shape index (κ3) is 2.73. The van der Waals surface area contributed by atoms with Gasteiger partial charge in [-0.15, -0.1) is 0 Å². The van der Waals surface area contributed by atoms with E-state index in [0.29, 0.717) is 16.8 Å². The maximum absolute atomic E-state index is 12.3. The molecule has 0 aliphatic heterocycles. The summed E-state index contributed by atoms with van der Waals surface area (Å²) in [6.45, 7) is 5.26. The quantitative estimate of drug-likeness (QED) is 0.741. The molecule has 0 fully saturated rings. The lowest BCUT2D eigenvalue weighted by molar-refractivity contribution is 0.0969. The van der Waals surface area contributed by atoms with E-state index in [1.165, 1.54) is 12.4 Å². The second kappa shape index (κ2) is 5.80. The first-order chi connectivity index (χ1) is 10.3. The Morgan fingerprint density at radius 1 is 1.09 bits per heavy atom. The van der Waals surface area contributed by atoms with Gasteiger partial charge in [-0.1, -0.05) is 0 Å². The van der Waals surface area contributed by atoms with Crippen molar-refractivity contribution in [2.75, 3.05) is 5.32 Å². The van der Waals surface area contributed by atoms with Crippen molar-refractivity contribution in [3.05, 3.63) is 46.5 Å². The number of primary amides is 1. The molecule has 4 N–H and O–H groups in total. The van der Waals surface area contributed by atoms with Crippen molar-refractivity contribution in [1.82, 2.24) is 9.97 Å². The fourth-order valence-electron chi connectivity index (χ4n) is 2.06. The number of carbonyl (C=O) groups is 2. The molecule has 114 valence electrons. The minimum absolute atomic E-state index is 0.141. The van der Waals surface area contributed by atoms with Gasteiger partial charge in [-0.05, 0) is 43.5 Å². The van der Waals surface area contributed by atoms with Crippen molar-refractivity contribution in [3.8, 4) is 5.75 Å². The van der Waals surface area contributed by atoms with Gasteiger partial charge in [0.2, 0.25) is 0 Å². The van der Waals surface area contributed by atoms with Gasteiger partial charge >= 0.3 is 0 Å². The fraction of sp³-hybridized carbons (Fsp3) is 0.200. The summed E-state index contributed by atoms with van der Waals surface area (Å²) in [5.41, 5.74) is 7.41. The highest BCUT2D eigenvalue weighted by molar-refractivity contribution is 6.09. The van der Waals surface area contributed by atoms with Crippen LogP contribution in [0, 0.1) is 20.8 Å². The molecule has 1 heterocycles. The van der Waals surface area contributed by atoms with Gasteiger partial charge in [-0.25, -0.2) is 9.97 Å². The van der Waals surface area contributed by atoms with Crippen LogP contribution < -0.4 is 11.1 Å². The number of aryl methyl sites for hydroxylation is 1. The predicted octanol–water partition coefficient (Wildman–Crippen LogP) is 1.46. The lowest BCUT2D eigenvalue weighted by Crippen LogP contribution is -2.23. The van der Waals surface area contributed by atoms with E-state index in [4.69, 9.17) is 5.73 Å². The van der Waals surface area contributed by atoms with Crippen LogP contribution in [0.5, 0.6) is 5.75 Å². The molecule has 0 bridgehead atoms. The highest BCUT2D eigenvalue weighted by Gasteiger charge is 2.19. The fourth-order valence-corrected chi connectivity index (χ4v) is 2.06. The van der Waals surface area contributed by atoms with Crippen molar-refractivity contribution in [3.63, 3.8) is 0 Å². The topological polar surface area (TPSA) is 118 Å². The van der Waals surface area contributed by atoms with Crippen LogP contribution in [-0.4, -0.2) is 26.9 Å². The summed E-state index contributed by atoms with van der Waals surface area (Å²) in [5.74, 6) is -1.23. The molecule has 1 aromatic carbocycles. The van der Waals surface area contributed by atoms with E-state index in [9.17, 15) is 14.7 Å². The predicted molar refractivity (Wildman–Crippen MR) is 80.8 cm³/mol. The van der Waals surface area contributed by atoms with Crippen molar-refractivity contribution >= 4 is 17.5 Å². The Bertz CT molecular complexity index is 772. The number of phenols is 1. The third-order valence-corrected chi connectivity index (χ3v) is 3.45. The van der Waals surface area contributed by atoms with Gasteiger partial charge in [-0.3, -0.25) is 9.59 Å². The monoisotopic (exact) mass is 300 g/mol. The molecule has 0 aliphatic carbocycles. The molecular weight excluding hydrogens is 284 g/mol. The molecule has 0 saturated heterocycles. The Kier molecular flexibility index (Phi) is 4.07. The number of aromatic hydroxyl groups is 1. The summed E-state index contributed by atoms with van der Waals surface area (Å²) in [6, 6.07) is 1.65. The van der Waals surface area contributed by atoms with Gasteiger partial charge < -0.3 is 16.2 Å². The van der Waals surface area contributed by atoms with Crippen LogP contribution in [-0.2, 0) is 0 Å². The summed E-state index contributed by atoms with van der Waals surface area (Å²) in [5, 5.41) is 12.6. The normalized spacial score (nSPS) is 10.3. The average Bonchev–Trinajstić information content (AvgIpc) is 2.50. The van der Waals surface area contributed by atoms with E-state index in [1.54, 1.807) is 26.8 Å². The number of rotatable bonds is 3. The molecule has 0 unspecified atom stereocenters. The summed E-state index contributed by atoms with van der Waals surface area (Å²) >= 11 is 0. The highest BCUT2D eigenvalue weighted by Crippen LogP contribution is 2.30. The lowest BCUT2D eigenvalue weighted by atomic mass is 10.0. The lowest BCUT2D eigenvalue weighted by Gasteiger charge is -2.14. The Hall–Kier alpha value is -2.96. The van der Waals surface area contributed by atoms with Crippen LogP contribution in [0.4, 0.5) is 5.69 Å². The number of nitrogens with zero attached hydrogens (tertiary/aromatic N) is 2. The molecule has 7 heteroatoms. The van der Waals surface area contributed by atoms with E-state index in [2.05, 4.69) is 15.3 Å². The summed E-state index contributed by atoms with van der Waals surface area (Å²) in [6.07, 6.45) is 2.60. The number of phenolic OH excluding ortho intramolecular Hbond substituents is 1. The molecule has 2 amide bonds. The van der Waals surface area contributed by atoms with Gasteiger partial charge in [0.25, 0.3) is 11.8 Å². The molecule has 22 heavy (non-hydrogen) atoms. The number of aromatic nitrogens is 2. The number of nitrogens with one attached hydrogen (secondary N) is 1. The molecule has 0 saturated carbocycles. The van der Waals surface area contributed by atoms with Gasteiger partial charge in [0, 0.05) is 18.1 Å². The van der Waals surface area contributed by atoms with E-state index < -0.39 is 11.8 Å². The molecule has 0 spiro atoms. The Balaban J connectivity index is 2.41. The molecule has 1 aromatic heterocycles. The highest BCUT2D eigenvalue weighted by atomic mass is 16.3. The number of hydrogen-bond acceptors (Lipinski definition) is 5. The standard InChI is InChI=1S/C15H16N4O3/c1-7-6-10(8(2)9(3)13(7)20)19-15(22)12-11(14(16)21)17-4-5-18-12/h4-6,20H,1-3H3,(H2,16,21)(H,19,22). The van der Waals surface area contributed by atoms with Gasteiger partial charge in [0.1, 0.15) is 5.75 Å². The van der Waals surface area contributed by atoms with Gasteiger partial charge in [-0.2, -0.15) is 0 Å². The third-order valence-electron chi connectivity index (χ3n) is 3.45. The van der Waals surface area contributed by atoms with Crippen molar-refractivity contribution in [2.24, 2.45) is 5.73 Å². The number of amides is 2. The number of carbonyl (C=O) groups excluding carboxylic acids is 2. The molecule has 0 atom stereocenters. The van der Waals surface area contributed by atoms with E-state index in [1.807, 2.05) is 0 Å². The zero-order valence-electron chi connectivity index (χ0n) is 12.5. The van der Waals surface area contributed by atoms with Gasteiger partial charge in [0.05, 0.1) is 0 Å². The first kappa shape index (κ1) is 15.4. The molecular formula is C15H16N4O3. The van der Waals surface area contributed by atoms with Crippen molar-refractivity contribution in [2.45, 2.75) is 20.8 Å². The van der Waals surface area contributed by atoms with Crippen LogP contribution in [0.2, 0.25) is 0 Å². The number of hydrogen-bond donors (Lipinski definition) is 3. The number of benzene rings is 1. The molecule has 0 aliphatic rings. The van der Waals surface area contributed by atoms with Crippen LogP contribution in [0.15, 0.2) is 18.5 Å². The van der Waals surface area contributed by atoms with Gasteiger partial charge in [0.15, 0.2) is 11.4 Å². The first-order valence-electron chi connectivity index (χ1n) is 6.54. The maximum Gasteiger partial charge on any atom is 0.276 e. The molecule has 7 nitrogen and oxygen atoms in total. The van der Waals surface area contributed by atoms with E-state index >= 15 is 0 Å². The average molecular weight is 300 g/mol. The Morgan fingerprint density at radius 2 is 1.68 bits per heavy atom. The second-order valence-corrected chi connectivity index (χ2v) is 4.91. The van der Waals surface area contributed by atoms with Crippen LogP contribution in [0.1, 0.15) is 37.7 Å². The van der Waals surface area contributed by atoms with Crippen molar-refractivity contribution < 1.29 is 14.7 Å². The Morgan fingerprint density at radius 3 is 2.27 bits per heavy atom. The summed E-state index contributed by atoms with van der Waals surface area (Å²) in [4.78, 5) is 31.3. The molecule has 2 rings (SSSR count). The molecule has 0 radical (unpaired) electrons. The second-order valence-electron chi connectivity index (χ2n) is 4.91. The first-order valence-corrected chi connectivity index (χ1v) is 6.54. The van der Waals surface area contributed by atoms with Crippen LogP contribution in [0.25, 0.3) is 0 Å². The van der Waals surface area contributed by atoms with Crippen LogP contribution in [0.3, 0.4) is 0 Å². The zero-order chi connectivity index (χ0) is 16.4. The largest absolute Gasteiger partial charge is 0.507 e. The smallest absolute Gasteiger partial charge is 0.276 e. The maximum atomic E-state index is 12.3. The summed E-state index contributed by atoms with van der Waals surface area (Å²) < 4.78 is 0. The Labute approximate surface area is 127 Å². The molecule has 2 aromatic rings. The number of anilines is 1. The van der Waals surface area contributed by atoms with Crippen LogP contribution >= 0.6 is 0 Å². The SMILES string of the molecule is Cc1cc(NC(=O)c2nccnc2C(N)=O)c(C)c(C)c1O. The summed E-state index contributed by atoms with van der Waals surface area (Å²) in [7, 11) is 0. The van der Waals surface area contributed by atoms with E-state index in [-0.39, 0.29) is 17.1 Å². The zero-order valence-corrected chi connectivity index (χ0v) is 12.5. The number of nitrogens with two attached hydrogens (primary N) is 1. The minimum Gasteiger partial charge on any atom is -0.507 e.